The lowest BCUT2D eigenvalue weighted by Gasteiger charge is -2.26. The van der Waals surface area contributed by atoms with Crippen LogP contribution in [0, 0.1) is 11.3 Å². The van der Waals surface area contributed by atoms with Crippen molar-refractivity contribution in [2.75, 3.05) is 0 Å². The summed E-state index contributed by atoms with van der Waals surface area (Å²) in [4.78, 5) is 0. The Labute approximate surface area is 168 Å². The molecule has 2 fully saturated rings. The SMILES string of the molecule is CC.CC(C)CC1(c2ccc(OC(C)OC3CCCCC3)cc2)CC1(C)C. The van der Waals surface area contributed by atoms with E-state index >= 15 is 0 Å². The van der Waals surface area contributed by atoms with Gasteiger partial charge in [0, 0.05) is 5.41 Å². The van der Waals surface area contributed by atoms with Gasteiger partial charge >= 0.3 is 0 Å². The maximum Gasteiger partial charge on any atom is 0.197 e. The fourth-order valence-electron chi connectivity index (χ4n) is 4.91. The van der Waals surface area contributed by atoms with E-state index in [1.165, 1.54) is 50.5 Å². The summed E-state index contributed by atoms with van der Waals surface area (Å²) in [6.07, 6.45) is 9.06. The minimum absolute atomic E-state index is 0.170. The molecule has 27 heavy (non-hydrogen) atoms. The van der Waals surface area contributed by atoms with Gasteiger partial charge in [-0.2, -0.15) is 0 Å². The molecule has 0 aliphatic heterocycles. The summed E-state index contributed by atoms with van der Waals surface area (Å²) in [6.45, 7) is 15.5. The van der Waals surface area contributed by atoms with E-state index in [0.717, 1.165) is 11.7 Å². The number of benzene rings is 1. The smallest absolute Gasteiger partial charge is 0.197 e. The zero-order valence-corrected chi connectivity index (χ0v) is 18.8. The van der Waals surface area contributed by atoms with Gasteiger partial charge in [0.2, 0.25) is 0 Å². The average Bonchev–Trinajstić information content (AvgIpc) is 3.18. The molecule has 0 N–H and O–H groups in total. The average molecular weight is 375 g/mol. The van der Waals surface area contributed by atoms with Crippen LogP contribution in [0.4, 0.5) is 0 Å². The molecule has 2 heteroatoms. The van der Waals surface area contributed by atoms with Crippen LogP contribution in [0.3, 0.4) is 0 Å². The highest BCUT2D eigenvalue weighted by molar-refractivity contribution is 5.40. The van der Waals surface area contributed by atoms with Gasteiger partial charge in [-0.1, -0.05) is 72.9 Å². The first kappa shape index (κ1) is 22.3. The van der Waals surface area contributed by atoms with E-state index in [4.69, 9.17) is 9.47 Å². The molecule has 1 aromatic carbocycles. The zero-order valence-electron chi connectivity index (χ0n) is 18.8. The Bertz CT molecular complexity index is 554. The summed E-state index contributed by atoms with van der Waals surface area (Å²) >= 11 is 0. The first-order chi connectivity index (χ1) is 12.8. The number of hydrogen-bond acceptors (Lipinski definition) is 2. The molecule has 2 unspecified atom stereocenters. The summed E-state index contributed by atoms with van der Waals surface area (Å²) in [7, 11) is 0. The van der Waals surface area contributed by atoms with E-state index < -0.39 is 0 Å². The lowest BCUT2D eigenvalue weighted by Crippen LogP contribution is -2.26. The van der Waals surface area contributed by atoms with Gasteiger partial charge in [-0.25, -0.2) is 0 Å². The fourth-order valence-corrected chi connectivity index (χ4v) is 4.91. The molecule has 0 spiro atoms. The molecule has 0 amide bonds. The maximum atomic E-state index is 6.07. The zero-order chi connectivity index (χ0) is 20.1. The highest BCUT2D eigenvalue weighted by Crippen LogP contribution is 2.67. The van der Waals surface area contributed by atoms with Crippen LogP contribution in [0.2, 0.25) is 0 Å². The van der Waals surface area contributed by atoms with Gasteiger partial charge in [0.15, 0.2) is 6.29 Å². The van der Waals surface area contributed by atoms with Crippen molar-refractivity contribution in [2.24, 2.45) is 11.3 Å². The molecule has 0 aromatic heterocycles. The summed E-state index contributed by atoms with van der Waals surface area (Å²) in [5.74, 6) is 1.65. The van der Waals surface area contributed by atoms with Gasteiger partial charge in [0.1, 0.15) is 5.75 Å². The lowest BCUT2D eigenvalue weighted by atomic mass is 9.81. The fraction of sp³-hybridized carbons (Fsp3) is 0.760. The van der Waals surface area contributed by atoms with Crippen molar-refractivity contribution in [3.8, 4) is 5.75 Å². The third-order valence-corrected chi connectivity index (χ3v) is 6.32. The standard InChI is InChI=1S/C23H36O2.C2H6/c1-17(2)15-23(16-22(23,4)5)19-11-13-21(14-12-19)25-18(3)24-20-9-7-6-8-10-20;1-2/h11-14,17-18,20H,6-10,15-16H2,1-5H3;1-2H3. The van der Waals surface area contributed by atoms with Crippen molar-refractivity contribution in [3.63, 3.8) is 0 Å². The number of rotatable bonds is 7. The first-order valence-electron chi connectivity index (χ1n) is 11.3. The molecule has 3 rings (SSSR count). The van der Waals surface area contributed by atoms with Crippen LogP contribution >= 0.6 is 0 Å². The summed E-state index contributed by atoms with van der Waals surface area (Å²) in [5.41, 5.74) is 2.24. The predicted molar refractivity (Wildman–Crippen MR) is 115 cm³/mol. The van der Waals surface area contributed by atoms with Crippen molar-refractivity contribution in [3.05, 3.63) is 29.8 Å². The quantitative estimate of drug-likeness (QED) is 0.460. The molecule has 0 bridgehead atoms. The van der Waals surface area contributed by atoms with Gasteiger partial charge < -0.3 is 9.47 Å². The van der Waals surface area contributed by atoms with Crippen LogP contribution in [0.25, 0.3) is 0 Å². The third kappa shape index (κ3) is 5.50. The second-order valence-electron chi connectivity index (χ2n) is 9.35. The first-order valence-corrected chi connectivity index (χ1v) is 11.3. The minimum Gasteiger partial charge on any atom is -0.465 e. The highest BCUT2D eigenvalue weighted by atomic mass is 16.7. The van der Waals surface area contributed by atoms with Crippen LogP contribution in [-0.4, -0.2) is 12.4 Å². The van der Waals surface area contributed by atoms with Gasteiger partial charge in [0.05, 0.1) is 6.10 Å². The Kier molecular flexibility index (Phi) is 7.80. The van der Waals surface area contributed by atoms with Gasteiger partial charge in [-0.15, -0.1) is 0 Å². The second kappa shape index (κ2) is 9.45. The molecule has 0 radical (unpaired) electrons. The summed E-state index contributed by atoms with van der Waals surface area (Å²) < 4.78 is 12.1. The van der Waals surface area contributed by atoms with E-state index in [2.05, 4.69) is 52.0 Å². The van der Waals surface area contributed by atoms with E-state index in [1.54, 1.807) is 0 Å². The normalized spacial score (nSPS) is 25.5. The van der Waals surface area contributed by atoms with E-state index in [1.807, 2.05) is 20.8 Å². The van der Waals surface area contributed by atoms with Crippen molar-refractivity contribution in [2.45, 2.75) is 111 Å². The Hall–Kier alpha value is -1.02. The van der Waals surface area contributed by atoms with Crippen molar-refractivity contribution >= 4 is 0 Å². The molecule has 0 heterocycles. The van der Waals surface area contributed by atoms with E-state index in [-0.39, 0.29) is 6.29 Å². The van der Waals surface area contributed by atoms with E-state index in [0.29, 0.717) is 16.9 Å². The monoisotopic (exact) mass is 374 g/mol. The summed E-state index contributed by atoms with van der Waals surface area (Å²) in [5, 5.41) is 0. The van der Waals surface area contributed by atoms with Crippen LogP contribution in [0.5, 0.6) is 5.75 Å². The van der Waals surface area contributed by atoms with Crippen LogP contribution in [0.15, 0.2) is 24.3 Å². The van der Waals surface area contributed by atoms with Gasteiger partial charge in [-0.3, -0.25) is 0 Å². The van der Waals surface area contributed by atoms with Crippen LogP contribution in [-0.2, 0) is 10.2 Å². The molecule has 2 atom stereocenters. The molecular weight excluding hydrogens is 332 g/mol. The largest absolute Gasteiger partial charge is 0.465 e. The Morgan fingerprint density at radius 1 is 0.963 bits per heavy atom. The Balaban J connectivity index is 0.00000126. The van der Waals surface area contributed by atoms with Crippen LogP contribution in [0.1, 0.15) is 99.0 Å². The summed E-state index contributed by atoms with van der Waals surface area (Å²) in [6, 6.07) is 8.82. The second-order valence-corrected chi connectivity index (χ2v) is 9.35. The molecule has 1 aromatic rings. The number of ether oxygens (including phenoxy) is 2. The Morgan fingerprint density at radius 2 is 1.52 bits per heavy atom. The van der Waals surface area contributed by atoms with Crippen molar-refractivity contribution in [1.82, 2.24) is 0 Å². The molecule has 2 saturated carbocycles. The van der Waals surface area contributed by atoms with Crippen LogP contribution < -0.4 is 4.74 Å². The van der Waals surface area contributed by atoms with Gasteiger partial charge in [0.25, 0.3) is 0 Å². The van der Waals surface area contributed by atoms with E-state index in [9.17, 15) is 0 Å². The molecular formula is C25H42O2. The maximum absolute atomic E-state index is 6.07. The highest BCUT2D eigenvalue weighted by Gasteiger charge is 2.61. The van der Waals surface area contributed by atoms with Crippen molar-refractivity contribution < 1.29 is 9.47 Å². The minimum atomic E-state index is -0.170. The third-order valence-electron chi connectivity index (χ3n) is 6.32. The lowest BCUT2D eigenvalue weighted by molar-refractivity contribution is -0.116. The number of hydrogen-bond donors (Lipinski definition) is 0. The molecule has 2 aliphatic rings. The molecule has 2 nitrogen and oxygen atoms in total. The molecule has 2 aliphatic carbocycles. The van der Waals surface area contributed by atoms with Gasteiger partial charge in [-0.05, 0) is 61.6 Å². The molecule has 0 saturated heterocycles. The molecule has 154 valence electrons. The predicted octanol–water partition coefficient (Wildman–Crippen LogP) is 7.50. The van der Waals surface area contributed by atoms with Crippen molar-refractivity contribution in [1.29, 1.82) is 0 Å². The topological polar surface area (TPSA) is 18.5 Å². The Morgan fingerprint density at radius 3 is 2.00 bits per heavy atom.